The Bertz CT molecular complexity index is 675. The summed E-state index contributed by atoms with van der Waals surface area (Å²) in [4.78, 5) is 42.3. The Morgan fingerprint density at radius 2 is 0.935 bits per heavy atom. The van der Waals surface area contributed by atoms with Gasteiger partial charge in [-0.2, -0.15) is 0 Å². The van der Waals surface area contributed by atoms with Crippen molar-refractivity contribution in [1.29, 1.82) is 0 Å². The first kappa shape index (κ1) is 45.9. The second kappa shape index (κ2) is 37.3. The van der Waals surface area contributed by atoms with E-state index in [1.54, 1.807) is 0 Å². The van der Waals surface area contributed by atoms with Gasteiger partial charge in [-0.3, -0.25) is 19.2 Å². The number of aliphatic carboxylic acids is 2. The van der Waals surface area contributed by atoms with Crippen LogP contribution in [0, 0.1) is 5.92 Å². The van der Waals surface area contributed by atoms with Gasteiger partial charge in [0.25, 0.3) is 0 Å². The SMILES string of the molecule is CC(CN)CCCN.O=C(O)CCCCCCCCCCC(=O)O.O=C1CCCCCCCCCCCN1.O=C1CCCCCN1. The summed E-state index contributed by atoms with van der Waals surface area (Å²) in [7, 11) is 0. The third kappa shape index (κ3) is 41.8. The molecular weight excluding hydrogens is 584 g/mol. The van der Waals surface area contributed by atoms with Crippen molar-refractivity contribution in [3.05, 3.63) is 0 Å². The van der Waals surface area contributed by atoms with Crippen molar-refractivity contribution in [2.45, 2.75) is 174 Å². The highest BCUT2D eigenvalue weighted by Gasteiger charge is 2.04. The summed E-state index contributed by atoms with van der Waals surface area (Å²) < 4.78 is 0. The van der Waals surface area contributed by atoms with Crippen LogP contribution in [0.2, 0.25) is 0 Å². The molecule has 0 aromatic rings. The Hall–Kier alpha value is -2.20. The summed E-state index contributed by atoms with van der Waals surface area (Å²) in [5, 5.41) is 22.6. The zero-order valence-corrected chi connectivity index (χ0v) is 29.5. The lowest BCUT2D eigenvalue weighted by molar-refractivity contribution is -0.138. The van der Waals surface area contributed by atoms with E-state index in [0.717, 1.165) is 122 Å². The van der Waals surface area contributed by atoms with Crippen LogP contribution in [0.1, 0.15) is 174 Å². The number of hydrogen-bond donors (Lipinski definition) is 6. The Labute approximate surface area is 281 Å². The molecule has 2 rings (SSSR count). The molecule has 0 aromatic carbocycles. The average molecular weight is 657 g/mol. The Balaban J connectivity index is 0. The monoisotopic (exact) mass is 657 g/mol. The maximum atomic E-state index is 11.3. The van der Waals surface area contributed by atoms with Gasteiger partial charge in [-0.05, 0) is 70.4 Å². The van der Waals surface area contributed by atoms with E-state index in [4.69, 9.17) is 21.7 Å². The average Bonchev–Trinajstić information content (AvgIpc) is 3.27. The van der Waals surface area contributed by atoms with Gasteiger partial charge in [0.15, 0.2) is 0 Å². The predicted octanol–water partition coefficient (Wildman–Crippen LogP) is 7.07. The second-order valence-electron chi connectivity index (χ2n) is 12.8. The van der Waals surface area contributed by atoms with Crippen LogP contribution in [0.15, 0.2) is 0 Å². The zero-order valence-electron chi connectivity index (χ0n) is 29.5. The third-order valence-corrected chi connectivity index (χ3v) is 8.14. The quantitative estimate of drug-likeness (QED) is 0.101. The lowest BCUT2D eigenvalue weighted by Gasteiger charge is -2.04. The first-order valence-electron chi connectivity index (χ1n) is 18.6. The minimum absolute atomic E-state index is 0.225. The van der Waals surface area contributed by atoms with Crippen LogP contribution < -0.4 is 22.1 Å². The Kier molecular flexibility index (Phi) is 37.2. The van der Waals surface area contributed by atoms with Gasteiger partial charge in [0, 0.05) is 38.8 Å². The van der Waals surface area contributed by atoms with Crippen molar-refractivity contribution < 1.29 is 29.4 Å². The molecule has 2 aliphatic heterocycles. The van der Waals surface area contributed by atoms with Crippen LogP contribution >= 0.6 is 0 Å². The van der Waals surface area contributed by atoms with Gasteiger partial charge in [0.05, 0.1) is 0 Å². The van der Waals surface area contributed by atoms with Crippen molar-refractivity contribution >= 4 is 23.8 Å². The Morgan fingerprint density at radius 1 is 0.587 bits per heavy atom. The summed E-state index contributed by atoms with van der Waals surface area (Å²) in [6.45, 7) is 5.51. The molecule has 1 unspecified atom stereocenters. The van der Waals surface area contributed by atoms with Crippen molar-refractivity contribution in [3.63, 3.8) is 0 Å². The molecule has 1 atom stereocenters. The van der Waals surface area contributed by atoms with Crippen molar-refractivity contribution in [3.8, 4) is 0 Å². The number of nitrogens with two attached hydrogens (primary N) is 2. The van der Waals surface area contributed by atoms with Gasteiger partial charge in [-0.15, -0.1) is 0 Å². The smallest absolute Gasteiger partial charge is 0.303 e. The molecule has 2 fully saturated rings. The molecule has 8 N–H and O–H groups in total. The summed E-state index contributed by atoms with van der Waals surface area (Å²) in [6, 6.07) is 0. The first-order chi connectivity index (χ1) is 22.2. The van der Waals surface area contributed by atoms with Crippen LogP contribution in [0.3, 0.4) is 0 Å². The summed E-state index contributed by atoms with van der Waals surface area (Å²) in [6.07, 6.45) is 27.2. The molecule has 2 aliphatic rings. The van der Waals surface area contributed by atoms with E-state index < -0.39 is 11.9 Å². The van der Waals surface area contributed by atoms with Gasteiger partial charge in [-0.25, -0.2) is 0 Å². The summed E-state index contributed by atoms with van der Waals surface area (Å²) in [5.74, 6) is -0.298. The molecule has 2 saturated heterocycles. The molecule has 2 amide bonds. The van der Waals surface area contributed by atoms with Gasteiger partial charge in [0.2, 0.25) is 11.8 Å². The molecule has 0 aromatic heterocycles. The predicted molar refractivity (Wildman–Crippen MR) is 189 cm³/mol. The van der Waals surface area contributed by atoms with Crippen LogP contribution in [0.4, 0.5) is 0 Å². The molecule has 272 valence electrons. The number of carbonyl (C=O) groups excluding carboxylic acids is 2. The molecule has 0 bridgehead atoms. The minimum atomic E-state index is -0.714. The molecular formula is C36H72N4O6. The number of unbranched alkanes of at least 4 members (excludes halogenated alkanes) is 7. The third-order valence-electron chi connectivity index (χ3n) is 8.14. The summed E-state index contributed by atoms with van der Waals surface area (Å²) in [5.41, 5.74) is 10.7. The van der Waals surface area contributed by atoms with E-state index in [9.17, 15) is 19.2 Å². The lowest BCUT2D eigenvalue weighted by atomic mass is 10.1. The molecule has 10 nitrogen and oxygen atoms in total. The highest BCUT2D eigenvalue weighted by atomic mass is 16.4. The molecule has 0 aliphatic carbocycles. The molecule has 0 saturated carbocycles. The fourth-order valence-corrected chi connectivity index (χ4v) is 5.06. The highest BCUT2D eigenvalue weighted by molar-refractivity contribution is 5.76. The standard InChI is InChI=1S/C12H23NO.C12H22O4.C6H16N2.C6H11NO/c14-12-10-8-6-4-2-1-3-5-7-9-11-13-12;13-11(14)9-7-5-3-1-2-4-6-8-10-12(15)16;1-6(5-8)3-2-4-7;8-6-4-2-1-3-5-7-6/h1-11H2,(H,13,14);1-10H2,(H,13,14)(H,15,16);6H,2-5,7-8H2,1H3;1-5H2,(H,7,8). The number of rotatable bonds is 15. The topological polar surface area (TPSA) is 185 Å². The maximum absolute atomic E-state index is 11.3. The molecule has 10 heteroatoms. The number of carboxylic acids is 2. The van der Waals surface area contributed by atoms with Crippen molar-refractivity contribution in [1.82, 2.24) is 10.6 Å². The lowest BCUT2D eigenvalue weighted by Crippen LogP contribution is -2.23. The van der Waals surface area contributed by atoms with Crippen LogP contribution in [0.5, 0.6) is 0 Å². The molecule has 2 heterocycles. The first-order valence-corrected chi connectivity index (χ1v) is 18.6. The van der Waals surface area contributed by atoms with E-state index in [1.807, 2.05) is 0 Å². The zero-order chi connectivity index (χ0) is 34.5. The number of carbonyl (C=O) groups is 4. The van der Waals surface area contributed by atoms with Gasteiger partial charge >= 0.3 is 11.9 Å². The fourth-order valence-electron chi connectivity index (χ4n) is 5.06. The van der Waals surface area contributed by atoms with Gasteiger partial charge in [0.1, 0.15) is 0 Å². The molecule has 0 spiro atoms. The van der Waals surface area contributed by atoms with E-state index in [0.29, 0.717) is 5.92 Å². The second-order valence-corrected chi connectivity index (χ2v) is 12.8. The number of amides is 2. The normalized spacial score (nSPS) is 16.7. The maximum Gasteiger partial charge on any atom is 0.303 e. The van der Waals surface area contributed by atoms with Gasteiger partial charge < -0.3 is 32.3 Å². The summed E-state index contributed by atoms with van der Waals surface area (Å²) >= 11 is 0. The molecule has 0 radical (unpaired) electrons. The van der Waals surface area contributed by atoms with E-state index >= 15 is 0 Å². The number of carboxylic acid groups (broad SMARTS) is 2. The largest absolute Gasteiger partial charge is 0.481 e. The van der Waals surface area contributed by atoms with E-state index in [2.05, 4.69) is 17.6 Å². The Morgan fingerprint density at radius 3 is 1.30 bits per heavy atom. The number of hydrogen-bond acceptors (Lipinski definition) is 6. The fraction of sp³-hybridized carbons (Fsp3) is 0.889. The molecule has 46 heavy (non-hydrogen) atoms. The van der Waals surface area contributed by atoms with E-state index in [-0.39, 0.29) is 24.7 Å². The van der Waals surface area contributed by atoms with Crippen LogP contribution in [0.25, 0.3) is 0 Å². The van der Waals surface area contributed by atoms with Crippen LogP contribution in [-0.4, -0.2) is 60.1 Å². The van der Waals surface area contributed by atoms with Crippen molar-refractivity contribution in [2.75, 3.05) is 26.2 Å². The van der Waals surface area contributed by atoms with Crippen LogP contribution in [-0.2, 0) is 19.2 Å². The minimum Gasteiger partial charge on any atom is -0.481 e. The number of nitrogens with one attached hydrogen (secondary N) is 2. The van der Waals surface area contributed by atoms with E-state index in [1.165, 1.54) is 57.8 Å². The van der Waals surface area contributed by atoms with Gasteiger partial charge in [-0.1, -0.05) is 96.8 Å². The van der Waals surface area contributed by atoms with Crippen molar-refractivity contribution in [2.24, 2.45) is 17.4 Å². The highest BCUT2D eigenvalue weighted by Crippen LogP contribution is 2.12.